The molecule has 0 aliphatic heterocycles. The molecule has 0 aliphatic carbocycles. The highest BCUT2D eigenvalue weighted by Crippen LogP contribution is 2.50. The fourth-order valence-electron chi connectivity index (χ4n) is 6.18. The van der Waals surface area contributed by atoms with Crippen molar-refractivity contribution in [2.45, 2.75) is 13.1 Å². The molecule has 2 nitrogen and oxygen atoms in total. The first kappa shape index (κ1) is 23.8. The third-order valence-electron chi connectivity index (χ3n) is 7.68. The van der Waals surface area contributed by atoms with Crippen molar-refractivity contribution in [2.75, 3.05) is 0 Å². The highest BCUT2D eigenvalue weighted by Gasteiger charge is 2.27. The molecular formula is C36H22F2N2. The van der Waals surface area contributed by atoms with Crippen LogP contribution < -0.4 is 0 Å². The lowest BCUT2D eigenvalue weighted by Crippen LogP contribution is -2.00. The number of terminal acetylenes is 2. The minimum atomic E-state index is -0.307. The van der Waals surface area contributed by atoms with Gasteiger partial charge in [-0.05, 0) is 47.5 Å². The first-order valence-electron chi connectivity index (χ1n) is 13.0. The fourth-order valence-corrected chi connectivity index (χ4v) is 6.18. The normalized spacial score (nSPS) is 11.4. The van der Waals surface area contributed by atoms with Gasteiger partial charge in [-0.2, -0.15) is 0 Å². The molecule has 0 atom stereocenters. The number of benzene rings is 5. The molecule has 0 N–H and O–H groups in total. The van der Waals surface area contributed by atoms with Crippen LogP contribution in [0.3, 0.4) is 0 Å². The van der Waals surface area contributed by atoms with Crippen LogP contribution in [0.15, 0.2) is 97.1 Å². The summed E-state index contributed by atoms with van der Waals surface area (Å²) >= 11 is 0. The maximum atomic E-state index is 14.2. The predicted octanol–water partition coefficient (Wildman–Crippen LogP) is 8.78. The Hall–Kier alpha value is -5.32. The molecule has 2 heterocycles. The summed E-state index contributed by atoms with van der Waals surface area (Å²) < 4.78 is 32.7. The minimum Gasteiger partial charge on any atom is -0.328 e. The van der Waals surface area contributed by atoms with Gasteiger partial charge >= 0.3 is 0 Å². The van der Waals surface area contributed by atoms with E-state index in [0.29, 0.717) is 13.1 Å². The molecule has 4 heteroatoms. The summed E-state index contributed by atoms with van der Waals surface area (Å²) in [6, 6.07) is 29.5. The van der Waals surface area contributed by atoms with Gasteiger partial charge in [0.2, 0.25) is 0 Å². The lowest BCUT2D eigenvalue weighted by molar-refractivity contribution is 0.627. The Labute approximate surface area is 230 Å². The summed E-state index contributed by atoms with van der Waals surface area (Å²) in [5.41, 5.74) is 7.51. The van der Waals surface area contributed by atoms with E-state index in [4.69, 9.17) is 12.8 Å². The van der Waals surface area contributed by atoms with E-state index in [9.17, 15) is 8.78 Å². The quantitative estimate of drug-likeness (QED) is 0.205. The molecule has 0 saturated heterocycles. The second-order valence-electron chi connectivity index (χ2n) is 9.83. The van der Waals surface area contributed by atoms with Gasteiger partial charge in [-0.15, -0.1) is 12.8 Å². The molecule has 7 rings (SSSR count). The molecular weight excluding hydrogens is 498 g/mol. The van der Waals surface area contributed by atoms with E-state index >= 15 is 0 Å². The SMILES string of the molecule is C#CCn1c2ccccc2c2c(-c3ccc(F)cc3)c3c(c(-c4ccc(F)cc4)c21)c1ccccc1n3CC#C. The van der Waals surface area contributed by atoms with E-state index in [1.54, 1.807) is 0 Å². The number of hydrogen-bond donors (Lipinski definition) is 0. The summed E-state index contributed by atoms with van der Waals surface area (Å²) in [5.74, 6) is 5.07. The smallest absolute Gasteiger partial charge is 0.123 e. The molecule has 0 saturated carbocycles. The maximum Gasteiger partial charge on any atom is 0.123 e. The zero-order valence-electron chi connectivity index (χ0n) is 21.5. The van der Waals surface area contributed by atoms with Crippen molar-refractivity contribution in [1.82, 2.24) is 9.13 Å². The molecule has 0 radical (unpaired) electrons. The fraction of sp³-hybridized carbons (Fsp3) is 0.0556. The van der Waals surface area contributed by atoms with Gasteiger partial charge in [0, 0.05) is 32.7 Å². The number of hydrogen-bond acceptors (Lipinski definition) is 0. The zero-order chi connectivity index (χ0) is 27.4. The highest BCUT2D eigenvalue weighted by atomic mass is 19.1. The van der Waals surface area contributed by atoms with Crippen LogP contribution in [0.25, 0.3) is 65.9 Å². The van der Waals surface area contributed by atoms with Crippen LogP contribution in [-0.2, 0) is 13.1 Å². The lowest BCUT2D eigenvalue weighted by Gasteiger charge is -2.17. The van der Waals surface area contributed by atoms with E-state index in [1.165, 1.54) is 24.3 Å². The molecule has 0 unspecified atom stereocenters. The van der Waals surface area contributed by atoms with E-state index in [1.807, 2.05) is 48.5 Å². The van der Waals surface area contributed by atoms with Crippen LogP contribution in [0.4, 0.5) is 8.78 Å². The van der Waals surface area contributed by atoms with Gasteiger partial charge in [0.05, 0.1) is 35.2 Å². The second kappa shape index (κ2) is 9.16. The first-order valence-corrected chi connectivity index (χ1v) is 13.0. The van der Waals surface area contributed by atoms with Crippen molar-refractivity contribution in [3.8, 4) is 46.9 Å². The van der Waals surface area contributed by atoms with Crippen LogP contribution in [-0.4, -0.2) is 9.13 Å². The van der Waals surface area contributed by atoms with E-state index in [2.05, 4.69) is 45.2 Å². The van der Waals surface area contributed by atoms with Gasteiger partial charge in [0.15, 0.2) is 0 Å². The largest absolute Gasteiger partial charge is 0.328 e. The summed E-state index contributed by atoms with van der Waals surface area (Å²) in [5, 5.41) is 4.03. The average Bonchev–Trinajstić information content (AvgIpc) is 3.47. The van der Waals surface area contributed by atoms with Gasteiger partial charge in [0.25, 0.3) is 0 Å². The monoisotopic (exact) mass is 520 g/mol. The molecule has 5 aromatic carbocycles. The molecule has 2 aromatic heterocycles. The Morgan fingerprint density at radius 3 is 1.27 bits per heavy atom. The second-order valence-corrected chi connectivity index (χ2v) is 9.83. The summed E-state index contributed by atoms with van der Waals surface area (Å²) in [6.45, 7) is 0.686. The van der Waals surface area contributed by atoms with Crippen LogP contribution >= 0.6 is 0 Å². The Balaban J connectivity index is 1.88. The Bertz CT molecular complexity index is 2020. The van der Waals surface area contributed by atoms with Crippen molar-refractivity contribution in [2.24, 2.45) is 0 Å². The van der Waals surface area contributed by atoms with Crippen molar-refractivity contribution in [3.63, 3.8) is 0 Å². The van der Waals surface area contributed by atoms with Crippen LogP contribution in [0.2, 0.25) is 0 Å². The Kier molecular flexibility index (Phi) is 5.44. The molecule has 7 aromatic rings. The minimum absolute atomic E-state index is 0.307. The van der Waals surface area contributed by atoms with Crippen molar-refractivity contribution < 1.29 is 8.78 Å². The van der Waals surface area contributed by atoms with Gasteiger partial charge in [0.1, 0.15) is 11.6 Å². The molecule has 40 heavy (non-hydrogen) atoms. The summed E-state index contributed by atoms with van der Waals surface area (Å²) in [7, 11) is 0. The van der Waals surface area contributed by atoms with Crippen molar-refractivity contribution in [3.05, 3.63) is 109 Å². The van der Waals surface area contributed by atoms with Crippen LogP contribution in [0.5, 0.6) is 0 Å². The molecule has 0 aliphatic rings. The molecule has 0 spiro atoms. The molecule has 0 fully saturated rings. The third kappa shape index (κ3) is 3.37. The lowest BCUT2D eigenvalue weighted by atomic mass is 9.90. The molecule has 190 valence electrons. The third-order valence-corrected chi connectivity index (χ3v) is 7.68. The van der Waals surface area contributed by atoms with E-state index in [-0.39, 0.29) is 11.6 Å². The van der Waals surface area contributed by atoms with E-state index in [0.717, 1.165) is 65.9 Å². The van der Waals surface area contributed by atoms with Crippen LogP contribution in [0, 0.1) is 36.3 Å². The zero-order valence-corrected chi connectivity index (χ0v) is 21.5. The average molecular weight is 521 g/mol. The van der Waals surface area contributed by atoms with Crippen molar-refractivity contribution in [1.29, 1.82) is 0 Å². The number of fused-ring (bicyclic) bond motifs is 6. The standard InChI is InChI=1S/C36H22F2N2/c1-3-21-39-29-11-7-5-9-27(29)33-32(24-15-19-26(38)20-16-24)36-34(28-10-6-8-12-30(28)40(36)22-4-2)31(35(33)39)23-13-17-25(37)18-14-23/h1-2,5-20H,21-22H2. The first-order chi connectivity index (χ1) is 19.6. The van der Waals surface area contributed by atoms with Gasteiger partial charge in [-0.1, -0.05) is 72.5 Å². The number of aromatic nitrogens is 2. The maximum absolute atomic E-state index is 14.2. The number of rotatable bonds is 4. The summed E-state index contributed by atoms with van der Waals surface area (Å²) in [4.78, 5) is 0. The van der Waals surface area contributed by atoms with Gasteiger partial charge in [-0.25, -0.2) is 8.78 Å². The van der Waals surface area contributed by atoms with Gasteiger partial charge in [-0.3, -0.25) is 0 Å². The number of halogens is 2. The number of nitrogens with zero attached hydrogens (tertiary/aromatic N) is 2. The predicted molar refractivity (Wildman–Crippen MR) is 161 cm³/mol. The molecule has 0 bridgehead atoms. The summed E-state index contributed by atoms with van der Waals surface area (Å²) in [6.07, 6.45) is 11.9. The highest BCUT2D eigenvalue weighted by molar-refractivity contribution is 6.32. The topological polar surface area (TPSA) is 9.86 Å². The van der Waals surface area contributed by atoms with E-state index < -0.39 is 0 Å². The Morgan fingerprint density at radius 1 is 0.525 bits per heavy atom. The molecule has 0 amide bonds. The van der Waals surface area contributed by atoms with Crippen molar-refractivity contribution >= 4 is 43.6 Å². The number of para-hydroxylation sites is 2. The van der Waals surface area contributed by atoms with Gasteiger partial charge < -0.3 is 9.13 Å². The van der Waals surface area contributed by atoms with Crippen LogP contribution in [0.1, 0.15) is 0 Å². The Morgan fingerprint density at radius 2 is 0.900 bits per heavy atom.